The molecule has 0 aliphatic rings. The Labute approximate surface area is 135 Å². The first kappa shape index (κ1) is 13.8. The Morgan fingerprint density at radius 3 is 3.00 bits per heavy atom. The summed E-state index contributed by atoms with van der Waals surface area (Å²) < 4.78 is 1.96. The van der Waals surface area contributed by atoms with Crippen molar-refractivity contribution in [2.45, 2.75) is 0 Å². The third kappa shape index (κ3) is 2.07. The fourth-order valence-electron chi connectivity index (χ4n) is 2.75. The highest BCUT2D eigenvalue weighted by Gasteiger charge is 2.16. The topological polar surface area (TPSA) is 83.8 Å². The summed E-state index contributed by atoms with van der Waals surface area (Å²) in [6, 6.07) is 5.62. The maximum atomic E-state index is 11.3. The Morgan fingerprint density at radius 2 is 2.22 bits per heavy atom. The zero-order chi connectivity index (χ0) is 16.1. The van der Waals surface area contributed by atoms with E-state index < -0.39 is 5.97 Å². The number of aromatic amines is 1. The van der Waals surface area contributed by atoms with E-state index in [0.717, 1.165) is 16.5 Å². The number of hydrogen-bond donors (Lipinski definition) is 2. The van der Waals surface area contributed by atoms with Gasteiger partial charge in [0.25, 0.3) is 0 Å². The van der Waals surface area contributed by atoms with Gasteiger partial charge in [-0.2, -0.15) is 0 Å². The number of rotatable bonds is 2. The molecule has 1 aromatic carbocycles. The number of aromatic nitrogens is 4. The zero-order valence-electron chi connectivity index (χ0n) is 12.0. The largest absolute Gasteiger partial charge is 0.478 e. The van der Waals surface area contributed by atoms with E-state index in [2.05, 4.69) is 15.0 Å². The van der Waals surface area contributed by atoms with E-state index in [-0.39, 0.29) is 5.56 Å². The lowest BCUT2D eigenvalue weighted by Crippen LogP contribution is -1.96. The van der Waals surface area contributed by atoms with Crippen LogP contribution in [-0.4, -0.2) is 30.6 Å². The van der Waals surface area contributed by atoms with Crippen molar-refractivity contribution >= 4 is 39.6 Å². The van der Waals surface area contributed by atoms with Crippen LogP contribution >= 0.6 is 11.6 Å². The van der Waals surface area contributed by atoms with E-state index in [1.807, 2.05) is 36.0 Å². The number of fused-ring (bicyclic) bond motifs is 2. The van der Waals surface area contributed by atoms with Crippen LogP contribution in [0.15, 0.2) is 36.8 Å². The number of carboxylic acids is 1. The highest BCUT2D eigenvalue weighted by Crippen LogP contribution is 2.31. The molecule has 0 atom stereocenters. The SMILES string of the molecule is Cn1cc(-c2cnc3[nH]cc(C(=O)O)c3n2)c2ccc(Cl)cc21. The van der Waals surface area contributed by atoms with E-state index in [4.69, 9.17) is 11.6 Å². The number of carboxylic acid groups (broad SMARTS) is 1. The summed E-state index contributed by atoms with van der Waals surface area (Å²) in [6.45, 7) is 0. The monoisotopic (exact) mass is 326 g/mol. The predicted octanol–water partition coefficient (Wildman–Crippen LogP) is 3.47. The summed E-state index contributed by atoms with van der Waals surface area (Å²) in [7, 11) is 1.92. The van der Waals surface area contributed by atoms with Gasteiger partial charge in [0.15, 0.2) is 5.65 Å². The number of H-pyrrole nitrogens is 1. The molecule has 2 N–H and O–H groups in total. The fraction of sp³-hybridized carbons (Fsp3) is 0.0625. The van der Waals surface area contributed by atoms with Crippen LogP contribution < -0.4 is 0 Å². The van der Waals surface area contributed by atoms with Crippen LogP contribution in [0.4, 0.5) is 0 Å². The third-order valence-corrected chi connectivity index (χ3v) is 4.07. The van der Waals surface area contributed by atoms with Crippen molar-refractivity contribution in [1.82, 2.24) is 19.5 Å². The molecule has 6 nitrogen and oxygen atoms in total. The summed E-state index contributed by atoms with van der Waals surface area (Å²) in [6.07, 6.45) is 4.97. The molecule has 0 saturated carbocycles. The van der Waals surface area contributed by atoms with Crippen LogP contribution in [0, 0.1) is 0 Å². The molecule has 0 spiro atoms. The number of carbonyl (C=O) groups is 1. The van der Waals surface area contributed by atoms with Gasteiger partial charge < -0.3 is 14.7 Å². The van der Waals surface area contributed by atoms with Crippen molar-refractivity contribution in [3.63, 3.8) is 0 Å². The minimum absolute atomic E-state index is 0.109. The lowest BCUT2D eigenvalue weighted by atomic mass is 10.1. The van der Waals surface area contributed by atoms with Crippen LogP contribution in [0.5, 0.6) is 0 Å². The summed E-state index contributed by atoms with van der Waals surface area (Å²) in [4.78, 5) is 22.9. The molecule has 3 aromatic heterocycles. The Hall–Kier alpha value is -2.86. The van der Waals surface area contributed by atoms with Crippen LogP contribution in [0.25, 0.3) is 33.3 Å². The molecule has 0 saturated heterocycles. The molecule has 114 valence electrons. The fourth-order valence-corrected chi connectivity index (χ4v) is 2.91. The van der Waals surface area contributed by atoms with Gasteiger partial charge >= 0.3 is 5.97 Å². The average Bonchev–Trinajstić information content (AvgIpc) is 3.08. The van der Waals surface area contributed by atoms with Crippen LogP contribution in [0.1, 0.15) is 10.4 Å². The Morgan fingerprint density at radius 1 is 1.39 bits per heavy atom. The smallest absolute Gasteiger partial charge is 0.339 e. The van der Waals surface area contributed by atoms with Gasteiger partial charge in [0, 0.05) is 40.9 Å². The second-order valence-electron chi connectivity index (χ2n) is 5.28. The molecule has 0 amide bonds. The van der Waals surface area contributed by atoms with Gasteiger partial charge in [-0.1, -0.05) is 17.7 Å². The predicted molar refractivity (Wildman–Crippen MR) is 87.8 cm³/mol. The number of aromatic carboxylic acids is 1. The first-order valence-corrected chi connectivity index (χ1v) is 7.25. The molecule has 0 aliphatic heterocycles. The summed E-state index contributed by atoms with van der Waals surface area (Å²) >= 11 is 6.05. The molecule has 23 heavy (non-hydrogen) atoms. The Kier molecular flexibility index (Phi) is 2.89. The number of hydrogen-bond acceptors (Lipinski definition) is 3. The second-order valence-corrected chi connectivity index (χ2v) is 5.71. The highest BCUT2D eigenvalue weighted by molar-refractivity contribution is 6.31. The summed E-state index contributed by atoms with van der Waals surface area (Å²) in [5, 5.41) is 10.9. The van der Waals surface area contributed by atoms with Crippen molar-refractivity contribution in [2.75, 3.05) is 0 Å². The number of nitrogens with one attached hydrogen (secondary N) is 1. The van der Waals surface area contributed by atoms with E-state index in [1.54, 1.807) is 6.20 Å². The Balaban J connectivity index is 1.99. The van der Waals surface area contributed by atoms with E-state index in [9.17, 15) is 9.90 Å². The average molecular weight is 327 g/mol. The molecular formula is C16H11ClN4O2. The molecular weight excluding hydrogens is 316 g/mol. The normalized spacial score (nSPS) is 11.4. The minimum atomic E-state index is -1.03. The van der Waals surface area contributed by atoms with Crippen molar-refractivity contribution < 1.29 is 9.90 Å². The van der Waals surface area contributed by atoms with Crippen LogP contribution in [-0.2, 0) is 7.05 Å². The molecule has 3 heterocycles. The number of aryl methyl sites for hydroxylation is 1. The minimum Gasteiger partial charge on any atom is -0.478 e. The lowest BCUT2D eigenvalue weighted by Gasteiger charge is -2.00. The molecule has 4 rings (SSSR count). The molecule has 0 fully saturated rings. The van der Waals surface area contributed by atoms with Gasteiger partial charge in [-0.05, 0) is 12.1 Å². The molecule has 0 radical (unpaired) electrons. The van der Waals surface area contributed by atoms with Gasteiger partial charge in [-0.15, -0.1) is 0 Å². The van der Waals surface area contributed by atoms with E-state index in [1.165, 1.54) is 6.20 Å². The zero-order valence-corrected chi connectivity index (χ0v) is 12.8. The summed E-state index contributed by atoms with van der Waals surface area (Å²) in [5.74, 6) is -1.03. The van der Waals surface area contributed by atoms with Gasteiger partial charge in [0.05, 0.1) is 11.9 Å². The Bertz CT molecular complexity index is 1080. The van der Waals surface area contributed by atoms with Gasteiger partial charge in [-0.3, -0.25) is 0 Å². The van der Waals surface area contributed by atoms with Gasteiger partial charge in [0.1, 0.15) is 11.1 Å². The first-order chi connectivity index (χ1) is 11.0. The van der Waals surface area contributed by atoms with E-state index >= 15 is 0 Å². The number of halogens is 1. The first-order valence-electron chi connectivity index (χ1n) is 6.87. The van der Waals surface area contributed by atoms with Crippen molar-refractivity contribution in [1.29, 1.82) is 0 Å². The highest BCUT2D eigenvalue weighted by atomic mass is 35.5. The van der Waals surface area contributed by atoms with Crippen molar-refractivity contribution in [3.8, 4) is 11.3 Å². The second kappa shape index (κ2) is 4.82. The van der Waals surface area contributed by atoms with Crippen LogP contribution in [0.2, 0.25) is 5.02 Å². The van der Waals surface area contributed by atoms with Gasteiger partial charge in [0.2, 0.25) is 0 Å². The van der Waals surface area contributed by atoms with Crippen molar-refractivity contribution in [2.24, 2.45) is 7.05 Å². The van der Waals surface area contributed by atoms with Crippen LogP contribution in [0.3, 0.4) is 0 Å². The maximum Gasteiger partial charge on any atom is 0.339 e. The number of benzene rings is 1. The standard InChI is InChI=1S/C16H11ClN4O2/c1-21-7-11(9-3-2-8(17)4-13(9)21)12-6-19-15-14(20-12)10(5-18-15)16(22)23/h2-7H,1H3,(H,18,19)(H,22,23). The maximum absolute atomic E-state index is 11.3. The van der Waals surface area contributed by atoms with E-state index in [0.29, 0.717) is 21.9 Å². The molecule has 4 aromatic rings. The molecule has 0 bridgehead atoms. The number of nitrogens with zero attached hydrogens (tertiary/aromatic N) is 3. The molecule has 7 heteroatoms. The summed E-state index contributed by atoms with van der Waals surface area (Å²) in [5.41, 5.74) is 3.38. The quantitative estimate of drug-likeness (QED) is 0.590. The van der Waals surface area contributed by atoms with Gasteiger partial charge in [-0.25, -0.2) is 14.8 Å². The van der Waals surface area contributed by atoms with Crippen molar-refractivity contribution in [3.05, 3.63) is 47.4 Å². The molecule has 0 unspecified atom stereocenters. The molecule has 0 aliphatic carbocycles. The third-order valence-electron chi connectivity index (χ3n) is 3.84. The lowest BCUT2D eigenvalue weighted by molar-refractivity contribution is 0.0699.